The highest BCUT2D eigenvalue weighted by molar-refractivity contribution is 5.60. The van der Waals surface area contributed by atoms with Gasteiger partial charge in [-0.05, 0) is 6.92 Å². The smallest absolute Gasteiger partial charge is 0.117 e. The van der Waals surface area contributed by atoms with Crippen LogP contribution in [0.1, 0.15) is 19.0 Å². The van der Waals surface area contributed by atoms with E-state index in [1.807, 2.05) is 30.3 Å². The van der Waals surface area contributed by atoms with E-state index in [1.54, 1.807) is 14.0 Å². The van der Waals surface area contributed by atoms with Gasteiger partial charge in [-0.2, -0.15) is 15.4 Å². The van der Waals surface area contributed by atoms with Crippen LogP contribution in [0, 0.1) is 0 Å². The fourth-order valence-corrected chi connectivity index (χ4v) is 2.06. The molecule has 0 bridgehead atoms. The lowest BCUT2D eigenvalue weighted by molar-refractivity contribution is 0.0247. The molecule has 2 rings (SSSR count). The maximum absolute atomic E-state index is 10.2. The Hall–Kier alpha value is -1.76. The van der Waals surface area contributed by atoms with Crippen molar-refractivity contribution in [2.24, 2.45) is 0 Å². The summed E-state index contributed by atoms with van der Waals surface area (Å²) in [6.45, 7) is 3.34. The number of hydrogen-bond acceptors (Lipinski definition) is 5. The van der Waals surface area contributed by atoms with Gasteiger partial charge in [-0.25, -0.2) is 0 Å². The Morgan fingerprint density at radius 1 is 1.29 bits per heavy atom. The number of benzene rings is 1. The van der Waals surface area contributed by atoms with Gasteiger partial charge in [0.15, 0.2) is 0 Å². The Morgan fingerprint density at radius 2 is 2.05 bits per heavy atom. The molecule has 6 heteroatoms. The second-order valence-corrected chi connectivity index (χ2v) is 5.33. The van der Waals surface area contributed by atoms with E-state index in [0.29, 0.717) is 26.1 Å². The highest BCUT2D eigenvalue weighted by atomic mass is 16.5. The standard InChI is InChI=1S/C15H22N4O2/c1-15(20,8-9-21-2)11-16-10-13-14(18-19-17-13)12-6-4-3-5-7-12/h3-7,16,20H,8-11H2,1-2H3,(H,17,18,19). The van der Waals surface area contributed by atoms with Crippen LogP contribution in [0.4, 0.5) is 0 Å². The first kappa shape index (κ1) is 15.6. The molecular formula is C15H22N4O2. The van der Waals surface area contributed by atoms with Crippen LogP contribution in [-0.2, 0) is 11.3 Å². The largest absolute Gasteiger partial charge is 0.389 e. The van der Waals surface area contributed by atoms with Gasteiger partial charge in [-0.3, -0.25) is 0 Å². The molecule has 0 radical (unpaired) electrons. The molecule has 0 saturated carbocycles. The number of methoxy groups -OCH3 is 1. The van der Waals surface area contributed by atoms with Crippen LogP contribution in [0.5, 0.6) is 0 Å². The van der Waals surface area contributed by atoms with E-state index in [2.05, 4.69) is 20.7 Å². The first-order chi connectivity index (χ1) is 10.1. The number of nitrogens with zero attached hydrogens (tertiary/aromatic N) is 2. The molecule has 114 valence electrons. The van der Waals surface area contributed by atoms with Gasteiger partial charge in [0.05, 0.1) is 5.60 Å². The minimum absolute atomic E-state index is 0.470. The normalized spacial score (nSPS) is 14.0. The summed E-state index contributed by atoms with van der Waals surface area (Å²) in [5, 5.41) is 24.4. The van der Waals surface area contributed by atoms with Crippen LogP contribution >= 0.6 is 0 Å². The maximum Gasteiger partial charge on any atom is 0.117 e. The third-order valence-electron chi connectivity index (χ3n) is 3.31. The zero-order chi connectivity index (χ0) is 15.1. The molecule has 0 aliphatic carbocycles. The lowest BCUT2D eigenvalue weighted by Crippen LogP contribution is -2.38. The summed E-state index contributed by atoms with van der Waals surface area (Å²) < 4.78 is 4.99. The predicted molar refractivity (Wildman–Crippen MR) is 80.6 cm³/mol. The van der Waals surface area contributed by atoms with Crippen molar-refractivity contribution in [2.45, 2.75) is 25.5 Å². The molecule has 1 heterocycles. The fraction of sp³-hybridized carbons (Fsp3) is 0.467. The van der Waals surface area contributed by atoms with Crippen molar-refractivity contribution in [1.29, 1.82) is 0 Å². The van der Waals surface area contributed by atoms with E-state index in [9.17, 15) is 5.11 Å². The number of ether oxygens (including phenoxy) is 1. The quantitative estimate of drug-likeness (QED) is 0.683. The second-order valence-electron chi connectivity index (χ2n) is 5.33. The molecule has 2 aromatic rings. The summed E-state index contributed by atoms with van der Waals surface area (Å²) in [6, 6.07) is 9.90. The summed E-state index contributed by atoms with van der Waals surface area (Å²) in [4.78, 5) is 0. The summed E-state index contributed by atoms with van der Waals surface area (Å²) >= 11 is 0. The second kappa shape index (κ2) is 7.31. The van der Waals surface area contributed by atoms with Crippen molar-refractivity contribution >= 4 is 0 Å². The molecule has 1 atom stereocenters. The van der Waals surface area contributed by atoms with Gasteiger partial charge in [0, 0.05) is 38.8 Å². The SMILES string of the molecule is COCCC(C)(O)CNCc1n[nH]nc1-c1ccccc1. The minimum atomic E-state index is -0.799. The van der Waals surface area contributed by atoms with Crippen LogP contribution in [0.25, 0.3) is 11.3 Å². The Kier molecular flexibility index (Phi) is 5.44. The van der Waals surface area contributed by atoms with Crippen molar-refractivity contribution in [1.82, 2.24) is 20.7 Å². The summed E-state index contributed by atoms with van der Waals surface area (Å²) in [7, 11) is 1.63. The highest BCUT2D eigenvalue weighted by Gasteiger charge is 2.20. The lowest BCUT2D eigenvalue weighted by Gasteiger charge is -2.23. The zero-order valence-electron chi connectivity index (χ0n) is 12.5. The van der Waals surface area contributed by atoms with Gasteiger partial charge in [-0.1, -0.05) is 30.3 Å². The average Bonchev–Trinajstić information content (AvgIpc) is 2.94. The molecule has 0 spiro atoms. The predicted octanol–water partition coefficient (Wildman–Crippen LogP) is 1.35. The first-order valence-electron chi connectivity index (χ1n) is 6.99. The number of rotatable bonds is 8. The Bertz CT molecular complexity index is 540. The van der Waals surface area contributed by atoms with Crippen LogP contribution in [0.3, 0.4) is 0 Å². The van der Waals surface area contributed by atoms with E-state index in [4.69, 9.17) is 4.74 Å². The molecule has 0 aliphatic rings. The molecular weight excluding hydrogens is 268 g/mol. The number of nitrogens with one attached hydrogen (secondary N) is 2. The zero-order valence-corrected chi connectivity index (χ0v) is 12.5. The molecule has 3 N–H and O–H groups in total. The maximum atomic E-state index is 10.2. The molecule has 1 unspecified atom stereocenters. The van der Waals surface area contributed by atoms with Crippen molar-refractivity contribution in [2.75, 3.05) is 20.3 Å². The number of aliphatic hydroxyl groups is 1. The first-order valence-corrected chi connectivity index (χ1v) is 6.99. The van der Waals surface area contributed by atoms with Crippen molar-refractivity contribution in [3.05, 3.63) is 36.0 Å². The van der Waals surface area contributed by atoms with Crippen LogP contribution in [-0.4, -0.2) is 46.4 Å². The van der Waals surface area contributed by atoms with Gasteiger partial charge in [0.2, 0.25) is 0 Å². The van der Waals surface area contributed by atoms with Crippen LogP contribution in [0.15, 0.2) is 30.3 Å². The summed E-state index contributed by atoms with van der Waals surface area (Å²) in [6.07, 6.45) is 0.584. The number of aromatic nitrogens is 3. The Labute approximate surface area is 124 Å². The molecule has 0 amide bonds. The summed E-state index contributed by atoms with van der Waals surface area (Å²) in [5.41, 5.74) is 1.89. The molecule has 0 fully saturated rings. The van der Waals surface area contributed by atoms with Crippen molar-refractivity contribution in [3.63, 3.8) is 0 Å². The molecule has 0 aliphatic heterocycles. The minimum Gasteiger partial charge on any atom is -0.389 e. The third-order valence-corrected chi connectivity index (χ3v) is 3.31. The van der Waals surface area contributed by atoms with E-state index < -0.39 is 5.60 Å². The molecule has 6 nitrogen and oxygen atoms in total. The monoisotopic (exact) mass is 290 g/mol. The third kappa shape index (κ3) is 4.63. The highest BCUT2D eigenvalue weighted by Crippen LogP contribution is 2.18. The van der Waals surface area contributed by atoms with Crippen molar-refractivity contribution < 1.29 is 9.84 Å². The van der Waals surface area contributed by atoms with Crippen molar-refractivity contribution in [3.8, 4) is 11.3 Å². The van der Waals surface area contributed by atoms with Gasteiger partial charge in [0.25, 0.3) is 0 Å². The summed E-state index contributed by atoms with van der Waals surface area (Å²) in [5.74, 6) is 0. The number of H-pyrrole nitrogens is 1. The van der Waals surface area contributed by atoms with E-state index in [-0.39, 0.29) is 0 Å². The van der Waals surface area contributed by atoms with Gasteiger partial charge < -0.3 is 15.2 Å². The van der Waals surface area contributed by atoms with Gasteiger partial charge in [-0.15, -0.1) is 0 Å². The lowest BCUT2D eigenvalue weighted by atomic mass is 10.0. The van der Waals surface area contributed by atoms with Crippen LogP contribution < -0.4 is 5.32 Å². The average molecular weight is 290 g/mol. The van der Waals surface area contributed by atoms with Crippen LogP contribution in [0.2, 0.25) is 0 Å². The van der Waals surface area contributed by atoms with E-state index in [1.165, 1.54) is 0 Å². The molecule has 1 aromatic heterocycles. The molecule has 1 aromatic carbocycles. The number of hydrogen-bond donors (Lipinski definition) is 3. The number of aromatic amines is 1. The molecule has 21 heavy (non-hydrogen) atoms. The van der Waals surface area contributed by atoms with Gasteiger partial charge in [0.1, 0.15) is 11.4 Å². The van der Waals surface area contributed by atoms with E-state index >= 15 is 0 Å². The Morgan fingerprint density at radius 3 is 2.76 bits per heavy atom. The molecule has 0 saturated heterocycles. The van der Waals surface area contributed by atoms with E-state index in [0.717, 1.165) is 17.0 Å². The topological polar surface area (TPSA) is 83.1 Å². The fourth-order valence-electron chi connectivity index (χ4n) is 2.06. The Balaban J connectivity index is 1.92. The van der Waals surface area contributed by atoms with Gasteiger partial charge >= 0.3 is 0 Å².